The topological polar surface area (TPSA) is 57.5 Å². The maximum absolute atomic E-state index is 14.1. The van der Waals surface area contributed by atoms with E-state index < -0.39 is 0 Å². The van der Waals surface area contributed by atoms with Crippen LogP contribution in [0.25, 0.3) is 0 Å². The molecule has 2 rings (SSSR count). The quantitative estimate of drug-likeness (QED) is 0.603. The van der Waals surface area contributed by atoms with E-state index >= 15 is 0 Å². The largest absolute Gasteiger partial charge is 0.375 e. The van der Waals surface area contributed by atoms with Gasteiger partial charge in [0.15, 0.2) is 5.96 Å². The van der Waals surface area contributed by atoms with E-state index in [2.05, 4.69) is 34.6 Å². The molecule has 0 aliphatic rings. The van der Waals surface area contributed by atoms with Gasteiger partial charge in [0, 0.05) is 46.5 Å². The molecule has 27 heavy (non-hydrogen) atoms. The fourth-order valence-electron chi connectivity index (χ4n) is 3.11. The predicted octanol–water partition coefficient (Wildman–Crippen LogP) is 2.54. The molecule has 0 saturated carbocycles. The number of rotatable bonds is 6. The van der Waals surface area contributed by atoms with Crippen molar-refractivity contribution < 1.29 is 4.39 Å². The molecule has 0 bridgehead atoms. The number of nitrogens with one attached hydrogen (secondary N) is 2. The second-order valence-electron chi connectivity index (χ2n) is 7.13. The Kier molecular flexibility index (Phi) is 6.82. The summed E-state index contributed by atoms with van der Waals surface area (Å²) in [5, 5.41) is 11.1. The monoisotopic (exact) mass is 374 g/mol. The highest BCUT2D eigenvalue weighted by atomic mass is 19.1. The minimum atomic E-state index is -0.224. The average molecular weight is 375 g/mol. The summed E-state index contributed by atoms with van der Waals surface area (Å²) in [5.74, 6) is 0.469. The molecular formula is C20H31FN6. The number of benzene rings is 1. The van der Waals surface area contributed by atoms with Crippen molar-refractivity contribution in [3.8, 4) is 0 Å². The van der Waals surface area contributed by atoms with Crippen LogP contribution in [0.1, 0.15) is 29.4 Å². The van der Waals surface area contributed by atoms with E-state index in [9.17, 15) is 4.39 Å². The molecule has 1 atom stereocenters. The van der Waals surface area contributed by atoms with Crippen LogP contribution in [0.3, 0.4) is 0 Å². The number of halogens is 1. The first-order chi connectivity index (χ1) is 12.7. The second-order valence-corrected chi connectivity index (χ2v) is 7.13. The summed E-state index contributed by atoms with van der Waals surface area (Å²) in [6, 6.07) is 5.45. The van der Waals surface area contributed by atoms with Crippen molar-refractivity contribution in [2.75, 3.05) is 26.0 Å². The maximum atomic E-state index is 14.1. The minimum absolute atomic E-state index is 0.186. The molecule has 1 heterocycles. The van der Waals surface area contributed by atoms with Gasteiger partial charge in [0.05, 0.1) is 11.4 Å². The Morgan fingerprint density at radius 2 is 2.04 bits per heavy atom. The van der Waals surface area contributed by atoms with Crippen LogP contribution in [0.5, 0.6) is 0 Å². The Morgan fingerprint density at radius 3 is 2.56 bits per heavy atom. The van der Waals surface area contributed by atoms with E-state index in [1.807, 2.05) is 38.8 Å². The highest BCUT2D eigenvalue weighted by molar-refractivity contribution is 5.80. The van der Waals surface area contributed by atoms with E-state index in [1.54, 1.807) is 24.1 Å². The maximum Gasteiger partial charge on any atom is 0.191 e. The van der Waals surface area contributed by atoms with E-state index in [0.717, 1.165) is 17.7 Å². The molecule has 6 nitrogen and oxygen atoms in total. The molecule has 0 aliphatic heterocycles. The van der Waals surface area contributed by atoms with Gasteiger partial charge in [0.1, 0.15) is 5.82 Å². The normalized spacial score (nSPS) is 12.8. The van der Waals surface area contributed by atoms with Gasteiger partial charge in [-0.1, -0.05) is 6.07 Å². The first-order valence-electron chi connectivity index (χ1n) is 9.15. The van der Waals surface area contributed by atoms with Crippen LogP contribution in [0.15, 0.2) is 23.2 Å². The van der Waals surface area contributed by atoms with Crippen LogP contribution in [0.4, 0.5) is 10.1 Å². The van der Waals surface area contributed by atoms with E-state index in [4.69, 9.17) is 0 Å². The molecule has 0 radical (unpaired) electrons. The number of guanidine groups is 1. The van der Waals surface area contributed by atoms with Gasteiger partial charge < -0.3 is 15.5 Å². The van der Waals surface area contributed by atoms with Gasteiger partial charge in [0.2, 0.25) is 0 Å². The highest BCUT2D eigenvalue weighted by Crippen LogP contribution is 2.18. The number of aromatic nitrogens is 2. The molecule has 0 amide bonds. The molecule has 2 N–H and O–H groups in total. The molecule has 0 saturated heterocycles. The molecule has 2 aromatic rings. The Morgan fingerprint density at radius 1 is 1.33 bits per heavy atom. The van der Waals surface area contributed by atoms with Crippen molar-refractivity contribution in [1.82, 2.24) is 20.4 Å². The molecule has 0 fully saturated rings. The third kappa shape index (κ3) is 5.21. The summed E-state index contributed by atoms with van der Waals surface area (Å²) in [7, 11) is 7.35. The summed E-state index contributed by atoms with van der Waals surface area (Å²) in [6.45, 7) is 6.74. The third-order valence-corrected chi connectivity index (χ3v) is 4.73. The lowest BCUT2D eigenvalue weighted by molar-refractivity contribution is 0.620. The molecule has 1 aromatic carbocycles. The van der Waals surface area contributed by atoms with Crippen molar-refractivity contribution in [2.45, 2.75) is 39.8 Å². The number of hydrogen-bond acceptors (Lipinski definition) is 3. The van der Waals surface area contributed by atoms with Crippen LogP contribution in [0, 0.1) is 19.7 Å². The number of aliphatic imine (C=N–C) groups is 1. The summed E-state index contributed by atoms with van der Waals surface area (Å²) < 4.78 is 16.0. The highest BCUT2D eigenvalue weighted by Gasteiger charge is 2.14. The first-order valence-corrected chi connectivity index (χ1v) is 9.15. The van der Waals surface area contributed by atoms with Gasteiger partial charge in [-0.3, -0.25) is 9.67 Å². The van der Waals surface area contributed by atoms with Crippen molar-refractivity contribution in [3.05, 3.63) is 46.5 Å². The zero-order valence-electron chi connectivity index (χ0n) is 17.4. The SMILES string of the molecule is CN=C(NCc1ccc(N(C)C)c(F)c1)NC(C)Cc1c(C)nn(C)c1C. The fraction of sp³-hybridized carbons (Fsp3) is 0.500. The zero-order valence-corrected chi connectivity index (χ0v) is 17.4. The van der Waals surface area contributed by atoms with Gasteiger partial charge in [-0.15, -0.1) is 0 Å². The van der Waals surface area contributed by atoms with Crippen molar-refractivity contribution in [2.24, 2.45) is 12.0 Å². The third-order valence-electron chi connectivity index (χ3n) is 4.73. The first kappa shape index (κ1) is 20.7. The molecule has 0 spiro atoms. The van der Waals surface area contributed by atoms with Crippen molar-refractivity contribution in [1.29, 1.82) is 0 Å². The molecule has 1 aromatic heterocycles. The average Bonchev–Trinajstić information content (AvgIpc) is 2.84. The van der Waals surface area contributed by atoms with E-state index in [-0.39, 0.29) is 11.9 Å². The molecular weight excluding hydrogens is 343 g/mol. The Labute approximate surface area is 161 Å². The molecule has 7 heteroatoms. The number of nitrogens with zero attached hydrogens (tertiary/aromatic N) is 4. The van der Waals surface area contributed by atoms with Crippen LogP contribution in [-0.4, -0.2) is 42.9 Å². The Balaban J connectivity index is 1.94. The summed E-state index contributed by atoms with van der Waals surface area (Å²) in [4.78, 5) is 6.04. The summed E-state index contributed by atoms with van der Waals surface area (Å²) in [5.41, 5.74) is 4.95. The summed E-state index contributed by atoms with van der Waals surface area (Å²) in [6.07, 6.45) is 0.859. The molecule has 0 aliphatic carbocycles. The predicted molar refractivity (Wildman–Crippen MR) is 110 cm³/mol. The van der Waals surface area contributed by atoms with Crippen molar-refractivity contribution >= 4 is 11.6 Å². The lowest BCUT2D eigenvalue weighted by atomic mass is 10.1. The van der Waals surface area contributed by atoms with E-state index in [0.29, 0.717) is 18.2 Å². The van der Waals surface area contributed by atoms with Crippen LogP contribution < -0.4 is 15.5 Å². The number of hydrogen-bond donors (Lipinski definition) is 2. The van der Waals surface area contributed by atoms with Gasteiger partial charge in [-0.05, 0) is 50.5 Å². The smallest absolute Gasteiger partial charge is 0.191 e. The van der Waals surface area contributed by atoms with Crippen LogP contribution in [0.2, 0.25) is 0 Å². The van der Waals surface area contributed by atoms with Gasteiger partial charge in [-0.2, -0.15) is 5.10 Å². The zero-order chi connectivity index (χ0) is 20.1. The lowest BCUT2D eigenvalue weighted by Gasteiger charge is -2.19. The van der Waals surface area contributed by atoms with Gasteiger partial charge in [-0.25, -0.2) is 4.39 Å². The number of aryl methyl sites for hydroxylation is 2. The Bertz CT molecular complexity index is 809. The van der Waals surface area contributed by atoms with Gasteiger partial charge >= 0.3 is 0 Å². The molecule has 1 unspecified atom stereocenters. The summed E-state index contributed by atoms with van der Waals surface area (Å²) >= 11 is 0. The number of anilines is 1. The second kappa shape index (κ2) is 8.88. The lowest BCUT2D eigenvalue weighted by Crippen LogP contribution is -2.42. The van der Waals surface area contributed by atoms with Crippen LogP contribution in [-0.2, 0) is 20.0 Å². The molecule has 148 valence electrons. The van der Waals surface area contributed by atoms with Gasteiger partial charge in [0.25, 0.3) is 0 Å². The van der Waals surface area contributed by atoms with Crippen molar-refractivity contribution in [3.63, 3.8) is 0 Å². The minimum Gasteiger partial charge on any atom is -0.375 e. The van der Waals surface area contributed by atoms with E-state index in [1.165, 1.54) is 11.3 Å². The van der Waals surface area contributed by atoms with Crippen LogP contribution >= 0.6 is 0 Å². The standard InChI is InChI=1S/C20H31FN6/c1-13(10-17-14(2)25-27(7)15(17)3)24-20(22-4)23-12-16-8-9-19(26(5)6)18(21)11-16/h8-9,11,13H,10,12H2,1-7H3,(H2,22,23,24). The Hall–Kier alpha value is -2.57. The fourth-order valence-corrected chi connectivity index (χ4v) is 3.11.